The van der Waals surface area contributed by atoms with Gasteiger partial charge in [0.2, 0.25) is 5.91 Å². The van der Waals surface area contributed by atoms with E-state index in [4.69, 9.17) is 0 Å². The molecule has 1 aromatic rings. The maximum absolute atomic E-state index is 12.0. The van der Waals surface area contributed by atoms with Gasteiger partial charge in [-0.15, -0.1) is 0 Å². The van der Waals surface area contributed by atoms with E-state index >= 15 is 0 Å². The highest BCUT2D eigenvalue weighted by Crippen LogP contribution is 2.20. The number of nitrogens with zero attached hydrogens (tertiary/aromatic N) is 3. The fraction of sp³-hybridized carbons (Fsp3) is 0.579. The van der Waals surface area contributed by atoms with Gasteiger partial charge in [0, 0.05) is 45.3 Å². The van der Waals surface area contributed by atoms with Gasteiger partial charge in [0.15, 0.2) is 0 Å². The van der Waals surface area contributed by atoms with E-state index in [9.17, 15) is 4.79 Å². The molecule has 1 aliphatic carbocycles. The summed E-state index contributed by atoms with van der Waals surface area (Å²) >= 11 is 0. The summed E-state index contributed by atoms with van der Waals surface area (Å²) in [7, 11) is 0. The number of rotatable bonds is 6. The minimum absolute atomic E-state index is 0.131. The molecule has 0 unspecified atom stereocenters. The van der Waals surface area contributed by atoms with Crippen LogP contribution >= 0.6 is 0 Å². The van der Waals surface area contributed by atoms with Crippen molar-refractivity contribution in [2.24, 2.45) is 5.92 Å². The Morgan fingerprint density at radius 1 is 1.29 bits per heavy atom. The number of pyridine rings is 1. The Bertz CT molecular complexity index is 561. The van der Waals surface area contributed by atoms with Crippen molar-refractivity contribution in [3.8, 4) is 0 Å². The van der Waals surface area contributed by atoms with Crippen LogP contribution in [0.4, 0.5) is 5.82 Å². The Morgan fingerprint density at radius 3 is 2.75 bits per heavy atom. The second-order valence-electron chi connectivity index (χ2n) is 6.69. The second kappa shape index (κ2) is 8.29. The van der Waals surface area contributed by atoms with Crippen LogP contribution in [0.15, 0.2) is 30.5 Å². The van der Waals surface area contributed by atoms with Crippen molar-refractivity contribution in [3.63, 3.8) is 0 Å². The van der Waals surface area contributed by atoms with Crippen molar-refractivity contribution in [1.82, 2.24) is 15.2 Å². The molecule has 0 saturated carbocycles. The minimum Gasteiger partial charge on any atom is -0.354 e. The first kappa shape index (κ1) is 17.0. The van der Waals surface area contributed by atoms with Gasteiger partial charge in [-0.05, 0) is 36.9 Å². The molecule has 130 valence electrons. The van der Waals surface area contributed by atoms with Gasteiger partial charge < -0.3 is 15.1 Å². The Kier molecular flexibility index (Phi) is 5.86. The summed E-state index contributed by atoms with van der Waals surface area (Å²) in [5.74, 6) is 1.59. The van der Waals surface area contributed by atoms with Crippen LogP contribution in [0.5, 0.6) is 0 Å². The number of anilines is 1. The van der Waals surface area contributed by atoms with Crippen LogP contribution in [-0.4, -0.2) is 48.5 Å². The smallest absolute Gasteiger partial charge is 0.220 e. The number of carbonyl (C=O) groups excluding carboxylic acids is 1. The monoisotopic (exact) mass is 328 g/mol. The number of allylic oxidation sites excluding steroid dienone is 2. The molecule has 1 N–H and O–H groups in total. The van der Waals surface area contributed by atoms with Crippen LogP contribution in [0.3, 0.4) is 0 Å². The van der Waals surface area contributed by atoms with E-state index in [0.29, 0.717) is 18.9 Å². The molecule has 5 nitrogen and oxygen atoms in total. The SMILES string of the molecule is CCN1CCN(c2ccc(CNC(=O)C[C@H]3C=CCC3)cn2)CC1. The lowest BCUT2D eigenvalue weighted by molar-refractivity contribution is -0.121. The van der Waals surface area contributed by atoms with Gasteiger partial charge >= 0.3 is 0 Å². The van der Waals surface area contributed by atoms with Crippen LogP contribution in [-0.2, 0) is 11.3 Å². The lowest BCUT2D eigenvalue weighted by atomic mass is 10.1. The van der Waals surface area contributed by atoms with E-state index in [-0.39, 0.29) is 5.91 Å². The molecule has 0 aromatic carbocycles. The number of likely N-dealkylation sites (N-methyl/N-ethyl adjacent to an activating group) is 1. The van der Waals surface area contributed by atoms with E-state index in [1.807, 2.05) is 6.20 Å². The summed E-state index contributed by atoms with van der Waals surface area (Å²) in [6.07, 6.45) is 9.03. The fourth-order valence-corrected chi connectivity index (χ4v) is 3.38. The molecule has 0 spiro atoms. The van der Waals surface area contributed by atoms with Gasteiger partial charge in [-0.2, -0.15) is 0 Å². The number of hydrogen-bond acceptors (Lipinski definition) is 4. The maximum Gasteiger partial charge on any atom is 0.220 e. The second-order valence-corrected chi connectivity index (χ2v) is 6.69. The third kappa shape index (κ3) is 4.57. The Balaban J connectivity index is 1.44. The van der Waals surface area contributed by atoms with Crippen LogP contribution in [0.1, 0.15) is 31.7 Å². The molecule has 24 heavy (non-hydrogen) atoms. The first-order chi connectivity index (χ1) is 11.7. The summed E-state index contributed by atoms with van der Waals surface area (Å²) in [5, 5.41) is 3.01. The normalized spacial score (nSPS) is 21.2. The molecular formula is C19H28N4O. The van der Waals surface area contributed by atoms with Crippen molar-refractivity contribution < 1.29 is 4.79 Å². The summed E-state index contributed by atoms with van der Waals surface area (Å²) in [5.41, 5.74) is 1.06. The molecule has 3 rings (SSSR count). The molecule has 1 atom stereocenters. The molecule has 0 bridgehead atoms. The molecule has 2 aliphatic rings. The summed E-state index contributed by atoms with van der Waals surface area (Å²) < 4.78 is 0. The maximum atomic E-state index is 12.0. The third-order valence-corrected chi connectivity index (χ3v) is 5.00. The number of nitrogens with one attached hydrogen (secondary N) is 1. The van der Waals surface area contributed by atoms with Gasteiger partial charge in [-0.3, -0.25) is 4.79 Å². The predicted octanol–water partition coefficient (Wildman–Crippen LogP) is 2.20. The quantitative estimate of drug-likeness (QED) is 0.813. The molecular weight excluding hydrogens is 300 g/mol. The molecule has 1 saturated heterocycles. The number of aromatic nitrogens is 1. The average Bonchev–Trinajstić information content (AvgIpc) is 3.13. The van der Waals surface area contributed by atoms with E-state index in [1.165, 1.54) is 0 Å². The highest BCUT2D eigenvalue weighted by atomic mass is 16.1. The van der Waals surface area contributed by atoms with Gasteiger partial charge in [0.05, 0.1) is 0 Å². The Morgan fingerprint density at radius 2 is 2.12 bits per heavy atom. The number of hydrogen-bond donors (Lipinski definition) is 1. The standard InChI is InChI=1S/C19H28N4O/c1-2-22-9-11-23(12-10-22)18-8-7-17(14-20-18)15-21-19(24)13-16-5-3-4-6-16/h3,5,7-8,14,16H,2,4,6,9-13,15H2,1H3,(H,21,24)/t16-/m0/s1. The number of piperazine rings is 1. The highest BCUT2D eigenvalue weighted by molar-refractivity contribution is 5.76. The summed E-state index contributed by atoms with van der Waals surface area (Å²) in [6, 6.07) is 4.15. The lowest BCUT2D eigenvalue weighted by Crippen LogP contribution is -2.46. The average molecular weight is 328 g/mol. The zero-order chi connectivity index (χ0) is 16.8. The van der Waals surface area contributed by atoms with Crippen LogP contribution in [0.2, 0.25) is 0 Å². The van der Waals surface area contributed by atoms with E-state index in [1.54, 1.807) is 0 Å². The van der Waals surface area contributed by atoms with Crippen LogP contribution in [0.25, 0.3) is 0 Å². The van der Waals surface area contributed by atoms with Crippen molar-refractivity contribution >= 4 is 11.7 Å². The van der Waals surface area contributed by atoms with E-state index in [2.05, 4.69) is 51.3 Å². The van der Waals surface area contributed by atoms with E-state index in [0.717, 1.165) is 56.9 Å². The predicted molar refractivity (Wildman–Crippen MR) is 96.9 cm³/mol. The molecule has 1 aliphatic heterocycles. The van der Waals surface area contributed by atoms with Crippen LogP contribution in [0, 0.1) is 5.92 Å². The highest BCUT2D eigenvalue weighted by Gasteiger charge is 2.17. The van der Waals surface area contributed by atoms with Gasteiger partial charge in [0.1, 0.15) is 5.82 Å². The zero-order valence-corrected chi connectivity index (χ0v) is 14.6. The molecule has 2 heterocycles. The third-order valence-electron chi connectivity index (χ3n) is 5.00. The topological polar surface area (TPSA) is 48.5 Å². The largest absolute Gasteiger partial charge is 0.354 e. The van der Waals surface area contributed by atoms with Crippen LogP contribution < -0.4 is 10.2 Å². The molecule has 1 amide bonds. The molecule has 1 aromatic heterocycles. The van der Waals surface area contributed by atoms with Crippen molar-refractivity contribution in [2.75, 3.05) is 37.6 Å². The Hall–Kier alpha value is -1.88. The van der Waals surface area contributed by atoms with Crippen molar-refractivity contribution in [2.45, 2.75) is 32.7 Å². The Labute approximate surface area is 144 Å². The number of carbonyl (C=O) groups is 1. The molecule has 0 radical (unpaired) electrons. The molecule has 5 heteroatoms. The molecule has 1 fully saturated rings. The first-order valence-electron chi connectivity index (χ1n) is 9.10. The summed E-state index contributed by atoms with van der Waals surface area (Å²) in [6.45, 7) is 8.16. The van der Waals surface area contributed by atoms with Gasteiger partial charge in [0.25, 0.3) is 0 Å². The zero-order valence-electron chi connectivity index (χ0n) is 14.6. The lowest BCUT2D eigenvalue weighted by Gasteiger charge is -2.34. The van der Waals surface area contributed by atoms with E-state index < -0.39 is 0 Å². The fourth-order valence-electron chi connectivity index (χ4n) is 3.38. The van der Waals surface area contributed by atoms with Crippen molar-refractivity contribution in [3.05, 3.63) is 36.0 Å². The number of amides is 1. The summed E-state index contributed by atoms with van der Waals surface area (Å²) in [4.78, 5) is 21.3. The first-order valence-corrected chi connectivity index (χ1v) is 9.10. The van der Waals surface area contributed by atoms with Gasteiger partial charge in [-0.25, -0.2) is 4.98 Å². The van der Waals surface area contributed by atoms with Gasteiger partial charge in [-0.1, -0.05) is 25.1 Å². The van der Waals surface area contributed by atoms with Crippen molar-refractivity contribution in [1.29, 1.82) is 0 Å². The minimum atomic E-state index is 0.131.